The van der Waals surface area contributed by atoms with E-state index < -0.39 is 5.97 Å². The Balaban J connectivity index is 2.07. The summed E-state index contributed by atoms with van der Waals surface area (Å²) in [7, 11) is 1.86. The van der Waals surface area contributed by atoms with Gasteiger partial charge < -0.3 is 10.0 Å². The number of aromatic nitrogens is 2. The lowest BCUT2D eigenvalue weighted by atomic mass is 10.2. The number of carboxylic acids is 1. The molecule has 0 bridgehead atoms. The van der Waals surface area contributed by atoms with Gasteiger partial charge in [-0.25, -0.2) is 9.78 Å². The van der Waals surface area contributed by atoms with Gasteiger partial charge in [-0.3, -0.25) is 4.98 Å². The molecule has 0 aliphatic carbocycles. The minimum Gasteiger partial charge on any atom is -0.478 e. The van der Waals surface area contributed by atoms with Crippen LogP contribution in [0.4, 0.5) is 5.82 Å². The molecule has 104 valence electrons. The third kappa shape index (κ3) is 3.45. The fourth-order valence-electron chi connectivity index (χ4n) is 1.76. The van der Waals surface area contributed by atoms with Crippen LogP contribution in [0.25, 0.3) is 0 Å². The molecule has 0 aliphatic heterocycles. The Morgan fingerprint density at radius 3 is 2.75 bits per heavy atom. The molecule has 0 saturated heterocycles. The number of carbonyl (C=O) groups is 1. The van der Waals surface area contributed by atoms with E-state index in [1.165, 1.54) is 17.8 Å². The van der Waals surface area contributed by atoms with Crippen LogP contribution < -0.4 is 4.90 Å². The number of halogens is 1. The number of hydrogen-bond acceptors (Lipinski definition) is 4. The highest BCUT2D eigenvalue weighted by Gasteiger charge is 2.12. The van der Waals surface area contributed by atoms with Crippen molar-refractivity contribution >= 4 is 23.4 Å². The van der Waals surface area contributed by atoms with Crippen LogP contribution in [0, 0.1) is 0 Å². The molecule has 0 saturated carbocycles. The lowest BCUT2D eigenvalue weighted by Gasteiger charge is -2.18. The second-order valence-electron chi connectivity index (χ2n) is 4.35. The maximum atomic E-state index is 11.0. The zero-order chi connectivity index (χ0) is 14.5. The van der Waals surface area contributed by atoms with Gasteiger partial charge in [-0.2, -0.15) is 0 Å². The first-order valence-electron chi connectivity index (χ1n) is 6.07. The van der Waals surface area contributed by atoms with Crippen molar-refractivity contribution in [3.63, 3.8) is 0 Å². The van der Waals surface area contributed by atoms with Gasteiger partial charge in [0.2, 0.25) is 0 Å². The fourth-order valence-corrected chi connectivity index (χ4v) is 1.95. The molecular formula is C14H14ClN3O2. The molecule has 0 aromatic carbocycles. The highest BCUT2D eigenvalue weighted by molar-refractivity contribution is 6.33. The van der Waals surface area contributed by atoms with E-state index in [-0.39, 0.29) is 10.6 Å². The highest BCUT2D eigenvalue weighted by Crippen LogP contribution is 2.20. The zero-order valence-corrected chi connectivity index (χ0v) is 11.7. The van der Waals surface area contributed by atoms with Gasteiger partial charge in [0.05, 0.1) is 10.6 Å². The number of likely N-dealkylation sites (N-methyl/N-ethyl adjacent to an activating group) is 1. The normalized spacial score (nSPS) is 10.3. The van der Waals surface area contributed by atoms with E-state index in [0.717, 1.165) is 13.0 Å². The number of anilines is 1. The van der Waals surface area contributed by atoms with E-state index in [4.69, 9.17) is 16.7 Å². The standard InChI is InChI=1S/C14H14ClN3O2/c1-18(7-4-10-2-5-16-6-3-10)13-8-11(14(19)20)12(15)9-17-13/h2-3,5-6,8-9H,4,7H2,1H3,(H,19,20). The van der Waals surface area contributed by atoms with Crippen LogP contribution in [0.15, 0.2) is 36.8 Å². The summed E-state index contributed by atoms with van der Waals surface area (Å²) < 4.78 is 0. The second-order valence-corrected chi connectivity index (χ2v) is 4.76. The number of nitrogens with zero attached hydrogens (tertiary/aromatic N) is 3. The van der Waals surface area contributed by atoms with E-state index >= 15 is 0 Å². The van der Waals surface area contributed by atoms with Crippen LogP contribution in [0.5, 0.6) is 0 Å². The molecule has 20 heavy (non-hydrogen) atoms. The Hall–Kier alpha value is -2.14. The lowest BCUT2D eigenvalue weighted by molar-refractivity contribution is 0.0697. The smallest absolute Gasteiger partial charge is 0.337 e. The molecule has 1 N–H and O–H groups in total. The average Bonchev–Trinajstić information content (AvgIpc) is 2.46. The molecule has 5 nitrogen and oxygen atoms in total. The lowest BCUT2D eigenvalue weighted by Crippen LogP contribution is -2.21. The quantitative estimate of drug-likeness (QED) is 0.917. The maximum Gasteiger partial charge on any atom is 0.337 e. The van der Waals surface area contributed by atoms with Gasteiger partial charge in [-0.1, -0.05) is 11.6 Å². The van der Waals surface area contributed by atoms with Gasteiger partial charge in [0.25, 0.3) is 0 Å². The summed E-state index contributed by atoms with van der Waals surface area (Å²) in [5.74, 6) is -0.470. The van der Waals surface area contributed by atoms with Crippen LogP contribution in [0.2, 0.25) is 5.02 Å². The third-order valence-corrected chi connectivity index (χ3v) is 3.25. The predicted molar refractivity (Wildman–Crippen MR) is 77.4 cm³/mol. The first-order valence-corrected chi connectivity index (χ1v) is 6.44. The molecule has 0 unspecified atom stereocenters. The van der Waals surface area contributed by atoms with Crippen LogP contribution in [0.1, 0.15) is 15.9 Å². The Labute approximate surface area is 121 Å². The molecule has 2 rings (SSSR count). The molecular weight excluding hydrogens is 278 g/mol. The first-order chi connectivity index (χ1) is 9.58. The predicted octanol–water partition coefficient (Wildman–Crippen LogP) is 2.51. The maximum absolute atomic E-state index is 11.0. The van der Waals surface area contributed by atoms with Gasteiger partial charge in [-0.05, 0) is 30.2 Å². The average molecular weight is 292 g/mol. The van der Waals surface area contributed by atoms with Crippen LogP contribution >= 0.6 is 11.6 Å². The summed E-state index contributed by atoms with van der Waals surface area (Å²) in [6.45, 7) is 0.720. The Bertz CT molecular complexity index is 605. The van der Waals surface area contributed by atoms with E-state index in [1.807, 2.05) is 24.1 Å². The summed E-state index contributed by atoms with van der Waals surface area (Å²) in [5, 5.41) is 9.18. The number of aromatic carboxylic acids is 1. The first kappa shape index (κ1) is 14.3. The van der Waals surface area contributed by atoms with Crippen molar-refractivity contribution in [2.24, 2.45) is 0 Å². The van der Waals surface area contributed by atoms with Crippen molar-refractivity contribution in [2.75, 3.05) is 18.5 Å². The van der Waals surface area contributed by atoms with Crippen molar-refractivity contribution in [3.05, 3.63) is 52.9 Å². The third-order valence-electron chi connectivity index (χ3n) is 2.95. The second kappa shape index (κ2) is 6.34. The van der Waals surface area contributed by atoms with Gasteiger partial charge in [0.15, 0.2) is 0 Å². The SMILES string of the molecule is CN(CCc1ccncc1)c1cc(C(=O)O)c(Cl)cn1. The number of pyridine rings is 2. The molecule has 2 aromatic rings. The van der Waals surface area contributed by atoms with E-state index in [1.54, 1.807) is 12.4 Å². The van der Waals surface area contributed by atoms with Crippen molar-refractivity contribution in [1.82, 2.24) is 9.97 Å². The van der Waals surface area contributed by atoms with Gasteiger partial charge >= 0.3 is 5.97 Å². The summed E-state index contributed by atoms with van der Waals surface area (Å²) in [5.41, 5.74) is 1.23. The largest absolute Gasteiger partial charge is 0.478 e. The van der Waals surface area contributed by atoms with Gasteiger partial charge in [0.1, 0.15) is 5.82 Å². The summed E-state index contributed by atoms with van der Waals surface area (Å²) in [6.07, 6.45) is 5.69. The molecule has 0 spiro atoms. The number of hydrogen-bond donors (Lipinski definition) is 1. The van der Waals surface area contributed by atoms with E-state index in [9.17, 15) is 4.79 Å². The fraction of sp³-hybridized carbons (Fsp3) is 0.214. The summed E-state index contributed by atoms with van der Waals surface area (Å²) in [6, 6.07) is 5.38. The Kier molecular flexibility index (Phi) is 4.53. The van der Waals surface area contributed by atoms with E-state index in [0.29, 0.717) is 5.82 Å². The van der Waals surface area contributed by atoms with Crippen LogP contribution in [0.3, 0.4) is 0 Å². The van der Waals surface area contributed by atoms with Crippen molar-refractivity contribution in [3.8, 4) is 0 Å². The molecule has 2 aromatic heterocycles. The topological polar surface area (TPSA) is 66.3 Å². The molecule has 6 heteroatoms. The van der Waals surface area contributed by atoms with Crippen molar-refractivity contribution in [1.29, 1.82) is 0 Å². The van der Waals surface area contributed by atoms with E-state index in [2.05, 4.69) is 9.97 Å². The van der Waals surface area contributed by atoms with Gasteiger partial charge in [0, 0.05) is 32.2 Å². The molecule has 0 atom stereocenters. The molecule has 0 aliphatic rings. The van der Waals surface area contributed by atoms with Crippen molar-refractivity contribution in [2.45, 2.75) is 6.42 Å². The Morgan fingerprint density at radius 2 is 2.10 bits per heavy atom. The molecule has 2 heterocycles. The van der Waals surface area contributed by atoms with Gasteiger partial charge in [-0.15, -0.1) is 0 Å². The highest BCUT2D eigenvalue weighted by atomic mass is 35.5. The van der Waals surface area contributed by atoms with Crippen LogP contribution in [-0.4, -0.2) is 34.6 Å². The van der Waals surface area contributed by atoms with Crippen molar-refractivity contribution < 1.29 is 9.90 Å². The monoisotopic (exact) mass is 291 g/mol. The Morgan fingerprint density at radius 1 is 1.40 bits per heavy atom. The molecule has 0 fully saturated rings. The minimum atomic E-state index is -1.05. The number of carboxylic acid groups (broad SMARTS) is 1. The van der Waals surface area contributed by atoms with Crippen LogP contribution in [-0.2, 0) is 6.42 Å². The summed E-state index contributed by atoms with van der Waals surface area (Å²) >= 11 is 5.80. The summed E-state index contributed by atoms with van der Waals surface area (Å²) in [4.78, 5) is 21.0. The molecule has 0 amide bonds. The molecule has 0 radical (unpaired) electrons. The number of rotatable bonds is 5. The minimum absolute atomic E-state index is 0.0624. The zero-order valence-electron chi connectivity index (χ0n) is 11.0.